The molecule has 1 N–H and O–H groups in total. The summed E-state index contributed by atoms with van der Waals surface area (Å²) in [6.07, 6.45) is 1.98. The van der Waals surface area contributed by atoms with Crippen LogP contribution in [0.5, 0.6) is 0 Å². The van der Waals surface area contributed by atoms with Gasteiger partial charge in [0.1, 0.15) is 0 Å². The molecule has 0 radical (unpaired) electrons. The lowest BCUT2D eigenvalue weighted by Crippen LogP contribution is -2.46. The van der Waals surface area contributed by atoms with Crippen LogP contribution >= 0.6 is 11.3 Å². The molecule has 4 rings (SSSR count). The number of amides is 1. The lowest BCUT2D eigenvalue weighted by molar-refractivity contribution is -0.384. The SMILES string of the molecule is Cc1cccc(N2CCN(CCCCNC(=O)c3cc4cc([N+](=O)[O-])ccc4s3)CC2)c1. The van der Waals surface area contributed by atoms with Gasteiger partial charge < -0.3 is 10.2 Å². The zero-order chi connectivity index (χ0) is 22.5. The van der Waals surface area contributed by atoms with Crippen molar-refractivity contribution in [2.24, 2.45) is 0 Å². The van der Waals surface area contributed by atoms with Gasteiger partial charge >= 0.3 is 0 Å². The van der Waals surface area contributed by atoms with Gasteiger partial charge in [-0.3, -0.25) is 19.8 Å². The summed E-state index contributed by atoms with van der Waals surface area (Å²) in [5, 5.41) is 14.6. The molecule has 8 heteroatoms. The van der Waals surface area contributed by atoms with Crippen LogP contribution in [0, 0.1) is 17.0 Å². The second-order valence-electron chi connectivity index (χ2n) is 8.22. The first-order valence-corrected chi connectivity index (χ1v) is 11.8. The Morgan fingerprint density at radius 1 is 1.09 bits per heavy atom. The highest BCUT2D eigenvalue weighted by atomic mass is 32.1. The van der Waals surface area contributed by atoms with Gasteiger partial charge in [-0.05, 0) is 56.1 Å². The summed E-state index contributed by atoms with van der Waals surface area (Å²) in [6, 6.07) is 15.1. The number of nitrogens with zero attached hydrogens (tertiary/aromatic N) is 3. The van der Waals surface area contributed by atoms with E-state index in [-0.39, 0.29) is 11.6 Å². The maximum Gasteiger partial charge on any atom is 0.270 e. The Bertz CT molecular complexity index is 1110. The van der Waals surface area contributed by atoms with Crippen LogP contribution in [0.2, 0.25) is 0 Å². The van der Waals surface area contributed by atoms with E-state index in [0.717, 1.165) is 55.7 Å². The van der Waals surface area contributed by atoms with Crippen LogP contribution in [0.1, 0.15) is 28.1 Å². The molecule has 1 amide bonds. The van der Waals surface area contributed by atoms with Crippen molar-refractivity contribution in [3.05, 3.63) is 69.1 Å². The van der Waals surface area contributed by atoms with Gasteiger partial charge in [-0.15, -0.1) is 11.3 Å². The Morgan fingerprint density at radius 2 is 1.91 bits per heavy atom. The first-order valence-electron chi connectivity index (χ1n) is 11.0. The van der Waals surface area contributed by atoms with E-state index >= 15 is 0 Å². The molecule has 0 aliphatic carbocycles. The van der Waals surface area contributed by atoms with Gasteiger partial charge in [-0.1, -0.05) is 12.1 Å². The van der Waals surface area contributed by atoms with Crippen LogP contribution in [0.4, 0.5) is 11.4 Å². The van der Waals surface area contributed by atoms with E-state index in [0.29, 0.717) is 11.4 Å². The van der Waals surface area contributed by atoms with Gasteiger partial charge in [0.25, 0.3) is 11.6 Å². The highest BCUT2D eigenvalue weighted by Crippen LogP contribution is 2.28. The molecule has 168 valence electrons. The Kier molecular flexibility index (Phi) is 7.02. The van der Waals surface area contributed by atoms with Crippen LogP contribution < -0.4 is 10.2 Å². The Labute approximate surface area is 191 Å². The number of carbonyl (C=O) groups excluding carboxylic acids is 1. The number of nitro groups is 1. The smallest absolute Gasteiger partial charge is 0.270 e. The number of anilines is 1. The van der Waals surface area contributed by atoms with Crippen molar-refractivity contribution in [2.45, 2.75) is 19.8 Å². The molecule has 1 aromatic heterocycles. The number of fused-ring (bicyclic) bond motifs is 1. The molecule has 0 spiro atoms. The summed E-state index contributed by atoms with van der Waals surface area (Å²) in [6.45, 7) is 8.03. The number of benzene rings is 2. The Morgan fingerprint density at radius 3 is 2.66 bits per heavy atom. The summed E-state index contributed by atoms with van der Waals surface area (Å²) in [7, 11) is 0. The van der Waals surface area contributed by atoms with Gasteiger partial charge in [-0.2, -0.15) is 0 Å². The van der Waals surface area contributed by atoms with E-state index in [1.807, 2.05) is 0 Å². The molecule has 2 heterocycles. The number of hydrogen-bond donors (Lipinski definition) is 1. The number of hydrogen-bond acceptors (Lipinski definition) is 6. The van der Waals surface area contributed by atoms with Crippen LogP contribution in [0.15, 0.2) is 48.5 Å². The van der Waals surface area contributed by atoms with Crippen molar-refractivity contribution < 1.29 is 9.72 Å². The summed E-state index contributed by atoms with van der Waals surface area (Å²) in [5.74, 6) is -0.111. The van der Waals surface area contributed by atoms with E-state index in [9.17, 15) is 14.9 Å². The average Bonchev–Trinajstić information content (AvgIpc) is 3.23. The lowest BCUT2D eigenvalue weighted by atomic mass is 10.2. The molecule has 0 atom stereocenters. The standard InChI is InChI=1S/C24H28N4O3S/c1-18-5-4-6-20(15-18)27-13-11-26(12-14-27)10-3-2-9-25-24(29)23-17-19-16-21(28(30)31)7-8-22(19)32-23/h4-8,15-17H,2-3,9-14H2,1H3,(H,25,29). The zero-order valence-corrected chi connectivity index (χ0v) is 19.1. The number of thiophene rings is 1. The number of rotatable bonds is 8. The predicted octanol–water partition coefficient (Wildman–Crippen LogP) is 4.45. The summed E-state index contributed by atoms with van der Waals surface area (Å²) >= 11 is 1.36. The van der Waals surface area contributed by atoms with Crippen molar-refractivity contribution in [1.29, 1.82) is 0 Å². The van der Waals surface area contributed by atoms with E-state index in [4.69, 9.17) is 0 Å². The largest absolute Gasteiger partial charge is 0.369 e. The molecular formula is C24H28N4O3S. The minimum Gasteiger partial charge on any atom is -0.369 e. The molecule has 7 nitrogen and oxygen atoms in total. The summed E-state index contributed by atoms with van der Waals surface area (Å²) < 4.78 is 0.880. The number of piperazine rings is 1. The average molecular weight is 453 g/mol. The van der Waals surface area contributed by atoms with Crippen LogP contribution in [-0.4, -0.2) is 55.0 Å². The molecule has 32 heavy (non-hydrogen) atoms. The summed E-state index contributed by atoms with van der Waals surface area (Å²) in [5.41, 5.74) is 2.65. The van der Waals surface area contributed by atoms with Crippen molar-refractivity contribution in [2.75, 3.05) is 44.2 Å². The van der Waals surface area contributed by atoms with E-state index in [1.54, 1.807) is 12.1 Å². The molecule has 1 aliphatic heterocycles. The number of non-ortho nitro benzene ring substituents is 1. The van der Waals surface area contributed by atoms with Gasteiger partial charge in [0, 0.05) is 60.6 Å². The van der Waals surface area contributed by atoms with E-state index < -0.39 is 4.92 Å². The van der Waals surface area contributed by atoms with Gasteiger partial charge in [0.05, 0.1) is 9.80 Å². The third-order valence-electron chi connectivity index (χ3n) is 5.86. The summed E-state index contributed by atoms with van der Waals surface area (Å²) in [4.78, 5) is 28.5. The minimum atomic E-state index is -0.417. The molecule has 0 bridgehead atoms. The molecule has 0 unspecified atom stereocenters. The minimum absolute atomic E-state index is 0.0435. The van der Waals surface area contributed by atoms with E-state index in [2.05, 4.69) is 46.3 Å². The monoisotopic (exact) mass is 452 g/mol. The topological polar surface area (TPSA) is 78.7 Å². The Balaban J connectivity index is 1.16. The van der Waals surface area contributed by atoms with Gasteiger partial charge in [-0.25, -0.2) is 0 Å². The first kappa shape index (κ1) is 22.2. The lowest BCUT2D eigenvalue weighted by Gasteiger charge is -2.36. The molecule has 1 fully saturated rings. The predicted molar refractivity (Wildman–Crippen MR) is 130 cm³/mol. The first-order chi connectivity index (χ1) is 15.5. The molecule has 1 saturated heterocycles. The van der Waals surface area contributed by atoms with Gasteiger partial charge in [0.2, 0.25) is 0 Å². The van der Waals surface area contributed by atoms with Crippen molar-refractivity contribution >= 4 is 38.7 Å². The third kappa shape index (κ3) is 5.44. The third-order valence-corrected chi connectivity index (χ3v) is 6.98. The molecular weight excluding hydrogens is 424 g/mol. The maximum atomic E-state index is 12.4. The fourth-order valence-corrected chi connectivity index (χ4v) is 5.02. The fourth-order valence-electron chi connectivity index (χ4n) is 4.06. The fraction of sp³-hybridized carbons (Fsp3) is 0.375. The van der Waals surface area contributed by atoms with Crippen molar-refractivity contribution in [3.8, 4) is 0 Å². The second-order valence-corrected chi connectivity index (χ2v) is 9.30. The maximum absolute atomic E-state index is 12.4. The number of aryl methyl sites for hydroxylation is 1. The number of nitro benzene ring substituents is 1. The molecule has 3 aromatic rings. The second kappa shape index (κ2) is 10.1. The van der Waals surface area contributed by atoms with Crippen LogP contribution in [-0.2, 0) is 0 Å². The highest BCUT2D eigenvalue weighted by Gasteiger charge is 2.17. The molecule has 2 aromatic carbocycles. The quantitative estimate of drug-likeness (QED) is 0.310. The molecule has 1 aliphatic rings. The van der Waals surface area contributed by atoms with Crippen molar-refractivity contribution in [1.82, 2.24) is 10.2 Å². The van der Waals surface area contributed by atoms with Crippen LogP contribution in [0.25, 0.3) is 10.1 Å². The van der Waals surface area contributed by atoms with E-state index in [1.165, 1.54) is 34.7 Å². The number of unbranched alkanes of at least 4 members (excludes halogenated alkanes) is 1. The number of nitrogens with one attached hydrogen (secondary N) is 1. The van der Waals surface area contributed by atoms with Crippen molar-refractivity contribution in [3.63, 3.8) is 0 Å². The van der Waals surface area contributed by atoms with Gasteiger partial charge in [0.15, 0.2) is 0 Å². The molecule has 0 saturated carbocycles. The zero-order valence-electron chi connectivity index (χ0n) is 18.3. The normalized spacial score (nSPS) is 14.6. The van der Waals surface area contributed by atoms with Crippen LogP contribution in [0.3, 0.4) is 0 Å². The number of carbonyl (C=O) groups is 1. The Hall–Kier alpha value is -2.97. The highest BCUT2D eigenvalue weighted by molar-refractivity contribution is 7.20.